The van der Waals surface area contributed by atoms with E-state index in [4.69, 9.17) is 4.74 Å². The summed E-state index contributed by atoms with van der Waals surface area (Å²) in [4.78, 5) is 23.2. The number of aromatic nitrogens is 2. The molecule has 1 fully saturated rings. The Bertz CT molecular complexity index is 778. The summed E-state index contributed by atoms with van der Waals surface area (Å²) in [7, 11) is 3.94. The third kappa shape index (κ3) is 5.18. The maximum absolute atomic E-state index is 12.6. The Hall–Kier alpha value is -2.63. The minimum atomic E-state index is -0.0132. The molecule has 6 nitrogen and oxygen atoms in total. The van der Waals surface area contributed by atoms with Crippen LogP contribution < -0.4 is 15.0 Å². The lowest BCUT2D eigenvalue weighted by atomic mass is 9.92. The van der Waals surface area contributed by atoms with E-state index in [1.165, 1.54) is 0 Å². The van der Waals surface area contributed by atoms with Gasteiger partial charge in [-0.2, -0.15) is 0 Å². The molecule has 0 unspecified atom stereocenters. The molecule has 1 heterocycles. The van der Waals surface area contributed by atoms with E-state index in [0.717, 1.165) is 42.8 Å². The van der Waals surface area contributed by atoms with Crippen LogP contribution in [0.15, 0.2) is 30.3 Å². The Labute approximate surface area is 161 Å². The summed E-state index contributed by atoms with van der Waals surface area (Å²) in [6.07, 6.45) is 3.68. The van der Waals surface area contributed by atoms with E-state index in [1.54, 1.807) is 0 Å². The van der Waals surface area contributed by atoms with E-state index in [2.05, 4.69) is 15.3 Å². The van der Waals surface area contributed by atoms with Crippen molar-refractivity contribution in [2.75, 3.05) is 19.0 Å². The number of benzene rings is 1. The average molecular weight is 368 g/mol. The monoisotopic (exact) mass is 368 g/mol. The van der Waals surface area contributed by atoms with Crippen molar-refractivity contribution >= 4 is 11.6 Å². The molecular formula is C21H28N4O2. The highest BCUT2D eigenvalue weighted by Gasteiger charge is 2.24. The van der Waals surface area contributed by atoms with Crippen molar-refractivity contribution in [1.82, 2.24) is 15.3 Å². The summed E-state index contributed by atoms with van der Waals surface area (Å²) in [5.74, 6) is -0.0132. The molecule has 0 radical (unpaired) electrons. The number of nitrogens with zero attached hydrogens (tertiary/aromatic N) is 3. The number of rotatable bonds is 5. The van der Waals surface area contributed by atoms with Crippen LogP contribution in [0.25, 0.3) is 0 Å². The van der Waals surface area contributed by atoms with Gasteiger partial charge in [0.2, 0.25) is 0 Å². The van der Waals surface area contributed by atoms with Gasteiger partial charge >= 0.3 is 6.01 Å². The van der Waals surface area contributed by atoms with Crippen molar-refractivity contribution < 1.29 is 9.53 Å². The molecule has 144 valence electrons. The van der Waals surface area contributed by atoms with Gasteiger partial charge in [0.25, 0.3) is 5.91 Å². The largest absolute Gasteiger partial charge is 0.460 e. The van der Waals surface area contributed by atoms with Gasteiger partial charge in [0.1, 0.15) is 6.10 Å². The molecule has 0 bridgehead atoms. The number of amides is 1. The molecular weight excluding hydrogens is 340 g/mol. The van der Waals surface area contributed by atoms with E-state index in [1.807, 2.05) is 63.2 Å². The van der Waals surface area contributed by atoms with Crippen LogP contribution in [0.4, 0.5) is 5.69 Å². The van der Waals surface area contributed by atoms with Gasteiger partial charge in [-0.3, -0.25) is 4.79 Å². The summed E-state index contributed by atoms with van der Waals surface area (Å²) >= 11 is 0. The normalized spacial score (nSPS) is 19.4. The van der Waals surface area contributed by atoms with Crippen LogP contribution in [0.5, 0.6) is 6.01 Å². The lowest BCUT2D eigenvalue weighted by Crippen LogP contribution is -2.39. The standard InChI is InChI=1S/C21H28N4O2/c1-14-12-15(2)23-21(22-14)27-19-10-8-17(9-11-19)24-20(26)16-6-5-7-18(13-16)25(3)4/h5-7,12-13,17,19H,8-11H2,1-4H3,(H,24,26). The molecule has 0 spiro atoms. The lowest BCUT2D eigenvalue weighted by molar-refractivity contribution is 0.0884. The van der Waals surface area contributed by atoms with Gasteiger partial charge in [0.05, 0.1) is 0 Å². The predicted molar refractivity (Wildman–Crippen MR) is 106 cm³/mol. The zero-order chi connectivity index (χ0) is 19.4. The van der Waals surface area contributed by atoms with Gasteiger partial charge in [-0.25, -0.2) is 9.97 Å². The van der Waals surface area contributed by atoms with E-state index >= 15 is 0 Å². The van der Waals surface area contributed by atoms with E-state index < -0.39 is 0 Å². The third-order valence-electron chi connectivity index (χ3n) is 4.87. The first-order valence-corrected chi connectivity index (χ1v) is 9.48. The van der Waals surface area contributed by atoms with Crippen molar-refractivity contribution in [3.63, 3.8) is 0 Å². The smallest absolute Gasteiger partial charge is 0.317 e. The van der Waals surface area contributed by atoms with Crippen LogP contribution in [0, 0.1) is 13.8 Å². The Morgan fingerprint density at radius 2 is 1.74 bits per heavy atom. The zero-order valence-corrected chi connectivity index (χ0v) is 16.5. The molecule has 0 aliphatic heterocycles. The van der Waals surface area contributed by atoms with Crippen LogP contribution in [-0.2, 0) is 0 Å². The summed E-state index contributed by atoms with van der Waals surface area (Å²) in [5, 5.41) is 3.16. The van der Waals surface area contributed by atoms with Crippen molar-refractivity contribution in [1.29, 1.82) is 0 Å². The number of ether oxygens (including phenoxy) is 1. The predicted octanol–water partition coefficient (Wildman–Crippen LogP) is 3.28. The molecule has 1 saturated carbocycles. The SMILES string of the molecule is Cc1cc(C)nc(OC2CCC(NC(=O)c3cccc(N(C)C)c3)CC2)n1. The molecule has 2 aromatic rings. The van der Waals surface area contributed by atoms with Gasteiger partial charge < -0.3 is 15.0 Å². The molecule has 3 rings (SSSR count). The number of carbonyl (C=O) groups excluding carboxylic acids is 1. The summed E-state index contributed by atoms with van der Waals surface area (Å²) in [5.41, 5.74) is 3.55. The van der Waals surface area contributed by atoms with Crippen molar-refractivity contribution in [3.05, 3.63) is 47.3 Å². The van der Waals surface area contributed by atoms with Crippen molar-refractivity contribution in [2.24, 2.45) is 0 Å². The number of aryl methyl sites for hydroxylation is 2. The number of hydrogen-bond donors (Lipinski definition) is 1. The number of nitrogens with one attached hydrogen (secondary N) is 1. The topological polar surface area (TPSA) is 67.3 Å². The number of carbonyl (C=O) groups is 1. The average Bonchev–Trinajstić information content (AvgIpc) is 2.62. The van der Waals surface area contributed by atoms with Crippen LogP contribution in [0.2, 0.25) is 0 Å². The highest BCUT2D eigenvalue weighted by Crippen LogP contribution is 2.23. The quantitative estimate of drug-likeness (QED) is 0.877. The van der Waals surface area contributed by atoms with Gasteiger partial charge in [0, 0.05) is 42.8 Å². The number of anilines is 1. The Balaban J connectivity index is 1.52. The minimum Gasteiger partial charge on any atom is -0.460 e. The molecule has 1 amide bonds. The highest BCUT2D eigenvalue weighted by atomic mass is 16.5. The van der Waals surface area contributed by atoms with E-state index in [9.17, 15) is 4.79 Å². The van der Waals surface area contributed by atoms with Gasteiger partial charge in [-0.15, -0.1) is 0 Å². The van der Waals surface area contributed by atoms with Crippen LogP contribution in [0.3, 0.4) is 0 Å². The first kappa shape index (κ1) is 19.1. The Kier molecular flexibility index (Phi) is 5.94. The second-order valence-electron chi connectivity index (χ2n) is 7.44. The Morgan fingerprint density at radius 3 is 2.37 bits per heavy atom. The van der Waals surface area contributed by atoms with Gasteiger partial charge in [-0.1, -0.05) is 6.07 Å². The fourth-order valence-corrected chi connectivity index (χ4v) is 3.41. The second-order valence-corrected chi connectivity index (χ2v) is 7.44. The first-order valence-electron chi connectivity index (χ1n) is 9.48. The summed E-state index contributed by atoms with van der Waals surface area (Å²) < 4.78 is 5.96. The molecule has 1 aliphatic carbocycles. The molecule has 0 atom stereocenters. The van der Waals surface area contributed by atoms with E-state index in [0.29, 0.717) is 11.6 Å². The molecule has 1 aromatic carbocycles. The molecule has 1 aliphatic rings. The maximum Gasteiger partial charge on any atom is 0.317 e. The maximum atomic E-state index is 12.6. The van der Waals surface area contributed by atoms with E-state index in [-0.39, 0.29) is 18.1 Å². The minimum absolute atomic E-state index is 0.0132. The molecule has 1 N–H and O–H groups in total. The second kappa shape index (κ2) is 8.37. The molecule has 1 aromatic heterocycles. The number of hydrogen-bond acceptors (Lipinski definition) is 5. The molecule has 27 heavy (non-hydrogen) atoms. The fraction of sp³-hybridized carbons (Fsp3) is 0.476. The molecule has 0 saturated heterocycles. The van der Waals surface area contributed by atoms with Crippen LogP contribution >= 0.6 is 0 Å². The summed E-state index contributed by atoms with van der Waals surface area (Å²) in [6, 6.07) is 10.3. The summed E-state index contributed by atoms with van der Waals surface area (Å²) in [6.45, 7) is 3.89. The van der Waals surface area contributed by atoms with Crippen LogP contribution in [0.1, 0.15) is 47.4 Å². The van der Waals surface area contributed by atoms with Crippen LogP contribution in [-0.4, -0.2) is 42.1 Å². The highest BCUT2D eigenvalue weighted by molar-refractivity contribution is 5.95. The van der Waals surface area contributed by atoms with Gasteiger partial charge in [0.15, 0.2) is 0 Å². The fourth-order valence-electron chi connectivity index (χ4n) is 3.41. The van der Waals surface area contributed by atoms with Crippen molar-refractivity contribution in [3.8, 4) is 6.01 Å². The molecule has 6 heteroatoms. The zero-order valence-electron chi connectivity index (χ0n) is 16.5. The van der Waals surface area contributed by atoms with Gasteiger partial charge in [-0.05, 0) is 63.8 Å². The first-order chi connectivity index (χ1) is 12.9. The lowest BCUT2D eigenvalue weighted by Gasteiger charge is -2.29. The Morgan fingerprint density at radius 1 is 1.07 bits per heavy atom. The third-order valence-corrected chi connectivity index (χ3v) is 4.87. The van der Waals surface area contributed by atoms with Crippen molar-refractivity contribution in [2.45, 2.75) is 51.7 Å².